The number of nitrogens with zero attached hydrogens (tertiary/aromatic N) is 2. The van der Waals surface area contributed by atoms with Crippen LogP contribution in [0.1, 0.15) is 5.69 Å². The van der Waals surface area contributed by atoms with Gasteiger partial charge < -0.3 is 9.72 Å². The summed E-state index contributed by atoms with van der Waals surface area (Å²) in [4.78, 5) is 17.8. The lowest BCUT2D eigenvalue weighted by molar-refractivity contribution is -0.142. The first-order valence-corrected chi connectivity index (χ1v) is 7.84. The smallest absolute Gasteiger partial charge is 0.437 e. The highest BCUT2D eigenvalue weighted by atomic mass is 35.5. The number of ether oxygens (including phenoxy) is 1. The summed E-state index contributed by atoms with van der Waals surface area (Å²) in [6.45, 7) is 0. The van der Waals surface area contributed by atoms with Gasteiger partial charge in [-0.15, -0.1) is 0 Å². The monoisotopic (exact) mass is 424 g/mol. The predicted octanol–water partition coefficient (Wildman–Crippen LogP) is 4.93. The van der Waals surface area contributed by atoms with Crippen molar-refractivity contribution in [3.63, 3.8) is 0 Å². The lowest BCUT2D eigenvalue weighted by Gasteiger charge is -2.13. The van der Waals surface area contributed by atoms with Crippen molar-refractivity contribution >= 4 is 34.8 Å². The SMILES string of the molecule is O=c1[nH]c(-c2n[nH]cc2Cl)nc(C(F)(F)F)c1Oc1ccc(Cl)c(Cl)c1. The van der Waals surface area contributed by atoms with E-state index in [4.69, 9.17) is 39.5 Å². The molecule has 0 aliphatic rings. The van der Waals surface area contributed by atoms with Gasteiger partial charge in [0.25, 0.3) is 5.56 Å². The fourth-order valence-corrected chi connectivity index (χ4v) is 2.43. The second kappa shape index (κ2) is 6.82. The van der Waals surface area contributed by atoms with Gasteiger partial charge in [0.15, 0.2) is 11.5 Å². The van der Waals surface area contributed by atoms with Crippen molar-refractivity contribution in [2.45, 2.75) is 6.18 Å². The molecule has 2 N–H and O–H groups in total. The van der Waals surface area contributed by atoms with Crippen LogP contribution in [0, 0.1) is 0 Å². The zero-order chi connectivity index (χ0) is 19.1. The van der Waals surface area contributed by atoms with Crippen molar-refractivity contribution in [3.8, 4) is 23.0 Å². The number of aromatic nitrogens is 4. The van der Waals surface area contributed by atoms with E-state index in [1.807, 2.05) is 0 Å². The quantitative estimate of drug-likeness (QED) is 0.623. The second-order valence-electron chi connectivity index (χ2n) is 4.85. The van der Waals surface area contributed by atoms with Crippen LogP contribution in [0.4, 0.5) is 13.2 Å². The summed E-state index contributed by atoms with van der Waals surface area (Å²) in [6.07, 6.45) is -3.75. The van der Waals surface area contributed by atoms with Gasteiger partial charge in [-0.05, 0) is 12.1 Å². The van der Waals surface area contributed by atoms with Crippen LogP contribution in [0.3, 0.4) is 0 Å². The summed E-state index contributed by atoms with van der Waals surface area (Å²) < 4.78 is 45.3. The number of alkyl halides is 3. The largest absolute Gasteiger partial charge is 0.449 e. The van der Waals surface area contributed by atoms with E-state index in [-0.39, 0.29) is 26.5 Å². The fraction of sp³-hybridized carbons (Fsp3) is 0.0714. The van der Waals surface area contributed by atoms with E-state index >= 15 is 0 Å². The van der Waals surface area contributed by atoms with E-state index in [1.54, 1.807) is 0 Å². The van der Waals surface area contributed by atoms with Gasteiger partial charge in [-0.3, -0.25) is 9.89 Å². The molecular weight excluding hydrogens is 420 g/mol. The third-order valence-electron chi connectivity index (χ3n) is 3.07. The molecule has 0 saturated carbocycles. The molecule has 2 heterocycles. The van der Waals surface area contributed by atoms with Gasteiger partial charge in [-0.25, -0.2) is 4.98 Å². The Hall–Kier alpha value is -2.23. The number of nitrogens with one attached hydrogen (secondary N) is 2. The zero-order valence-corrected chi connectivity index (χ0v) is 14.6. The molecule has 1 aromatic carbocycles. The highest BCUT2D eigenvalue weighted by molar-refractivity contribution is 6.42. The molecule has 0 bridgehead atoms. The maximum atomic E-state index is 13.4. The summed E-state index contributed by atoms with van der Waals surface area (Å²) >= 11 is 17.3. The zero-order valence-electron chi connectivity index (χ0n) is 12.3. The van der Waals surface area contributed by atoms with E-state index in [0.29, 0.717) is 0 Å². The summed E-state index contributed by atoms with van der Waals surface area (Å²) in [5, 5.41) is 6.21. The van der Waals surface area contributed by atoms with Crippen molar-refractivity contribution in [1.29, 1.82) is 0 Å². The van der Waals surface area contributed by atoms with Gasteiger partial charge in [0, 0.05) is 12.3 Å². The average Bonchev–Trinajstić information content (AvgIpc) is 2.97. The molecule has 12 heteroatoms. The maximum Gasteiger partial charge on any atom is 0.437 e. The third kappa shape index (κ3) is 3.64. The van der Waals surface area contributed by atoms with E-state index in [9.17, 15) is 18.0 Å². The molecule has 0 aliphatic carbocycles. The molecule has 3 rings (SSSR count). The first kappa shape index (κ1) is 18.6. The van der Waals surface area contributed by atoms with E-state index in [1.165, 1.54) is 24.4 Å². The Bertz CT molecular complexity index is 1030. The molecule has 0 unspecified atom stereocenters. The number of halogens is 6. The highest BCUT2D eigenvalue weighted by Crippen LogP contribution is 2.37. The van der Waals surface area contributed by atoms with Crippen LogP contribution in [0.2, 0.25) is 15.1 Å². The lowest BCUT2D eigenvalue weighted by atomic mass is 10.3. The first-order valence-electron chi connectivity index (χ1n) is 6.71. The minimum atomic E-state index is -4.97. The van der Waals surface area contributed by atoms with Gasteiger partial charge in [-0.2, -0.15) is 18.3 Å². The number of hydrogen-bond donors (Lipinski definition) is 2. The van der Waals surface area contributed by atoms with E-state index in [2.05, 4.69) is 20.2 Å². The van der Waals surface area contributed by atoms with Gasteiger partial charge in [0.05, 0.1) is 15.1 Å². The summed E-state index contributed by atoms with van der Waals surface area (Å²) in [7, 11) is 0. The average molecular weight is 426 g/mol. The molecule has 0 fully saturated rings. The van der Waals surface area contributed by atoms with Crippen LogP contribution in [-0.4, -0.2) is 20.2 Å². The van der Waals surface area contributed by atoms with Crippen LogP contribution < -0.4 is 10.3 Å². The normalized spacial score (nSPS) is 11.6. The number of H-pyrrole nitrogens is 2. The van der Waals surface area contributed by atoms with Crippen molar-refractivity contribution in [2.24, 2.45) is 0 Å². The van der Waals surface area contributed by atoms with Crippen LogP contribution in [-0.2, 0) is 6.18 Å². The molecule has 0 saturated heterocycles. The molecule has 136 valence electrons. The summed E-state index contributed by atoms with van der Waals surface area (Å²) in [5.74, 6) is -1.64. The minimum absolute atomic E-state index is 0.0144. The Morgan fingerprint density at radius 3 is 2.38 bits per heavy atom. The van der Waals surface area contributed by atoms with Crippen molar-refractivity contribution in [3.05, 3.63) is 55.5 Å². The second-order valence-corrected chi connectivity index (χ2v) is 6.07. The molecule has 0 atom stereocenters. The molecule has 3 aromatic rings. The fourth-order valence-electron chi connectivity index (χ4n) is 1.96. The van der Waals surface area contributed by atoms with Gasteiger partial charge in [-0.1, -0.05) is 34.8 Å². The molecule has 0 spiro atoms. The molecule has 0 radical (unpaired) electrons. The summed E-state index contributed by atoms with van der Waals surface area (Å²) in [6, 6.07) is 3.74. The molecule has 2 aromatic heterocycles. The molecule has 6 nitrogen and oxygen atoms in total. The molecule has 26 heavy (non-hydrogen) atoms. The van der Waals surface area contributed by atoms with Gasteiger partial charge >= 0.3 is 6.18 Å². The Balaban J connectivity index is 2.14. The van der Waals surface area contributed by atoms with Crippen molar-refractivity contribution in [1.82, 2.24) is 20.2 Å². The number of benzene rings is 1. The topological polar surface area (TPSA) is 83.7 Å². The van der Waals surface area contributed by atoms with Crippen LogP contribution in [0.15, 0.2) is 29.2 Å². The lowest BCUT2D eigenvalue weighted by Crippen LogP contribution is -2.20. The third-order valence-corrected chi connectivity index (χ3v) is 4.10. The summed E-state index contributed by atoms with van der Waals surface area (Å²) in [5.41, 5.74) is -2.86. The van der Waals surface area contributed by atoms with E-state index in [0.717, 1.165) is 0 Å². The Kier molecular flexibility index (Phi) is 4.87. The predicted molar refractivity (Wildman–Crippen MR) is 89.0 cm³/mol. The van der Waals surface area contributed by atoms with Crippen molar-refractivity contribution in [2.75, 3.05) is 0 Å². The van der Waals surface area contributed by atoms with E-state index < -0.39 is 29.0 Å². The molecule has 0 amide bonds. The standard InChI is InChI=1S/C14H6Cl3F3N4O2/c15-6-2-1-5(3-7(6)16)26-10-11(14(18,19)20)22-12(23-13(10)25)9-8(17)4-21-24-9/h1-4H,(H,21,24)(H,22,23,25). The Morgan fingerprint density at radius 2 is 1.81 bits per heavy atom. The first-order chi connectivity index (χ1) is 12.2. The number of hydrogen-bond acceptors (Lipinski definition) is 4. The Labute approximate surface area is 157 Å². The maximum absolute atomic E-state index is 13.4. The molecule has 0 aliphatic heterocycles. The highest BCUT2D eigenvalue weighted by Gasteiger charge is 2.39. The van der Waals surface area contributed by atoms with Crippen LogP contribution in [0.25, 0.3) is 11.5 Å². The number of aromatic amines is 2. The van der Waals surface area contributed by atoms with Crippen molar-refractivity contribution < 1.29 is 17.9 Å². The Morgan fingerprint density at radius 1 is 1.08 bits per heavy atom. The van der Waals surface area contributed by atoms with Gasteiger partial charge in [0.1, 0.15) is 11.4 Å². The van der Waals surface area contributed by atoms with Crippen LogP contribution >= 0.6 is 34.8 Å². The molecular formula is C14H6Cl3F3N4O2. The minimum Gasteiger partial charge on any atom is -0.449 e. The van der Waals surface area contributed by atoms with Gasteiger partial charge in [0.2, 0.25) is 5.75 Å². The number of rotatable bonds is 3. The van der Waals surface area contributed by atoms with Crippen LogP contribution in [0.5, 0.6) is 11.5 Å².